The molecule has 2 aliphatic heterocycles. The number of amides is 1. The fourth-order valence-corrected chi connectivity index (χ4v) is 6.72. The van der Waals surface area contributed by atoms with E-state index in [4.69, 9.17) is 18.9 Å². The Balaban J connectivity index is 1.53. The van der Waals surface area contributed by atoms with Gasteiger partial charge in [-0.25, -0.2) is 13.2 Å². The molecular formula is C29H40N2O9S. The van der Waals surface area contributed by atoms with E-state index in [0.717, 1.165) is 17.5 Å². The molecule has 0 saturated carbocycles. The summed E-state index contributed by atoms with van der Waals surface area (Å²) >= 11 is 0. The summed E-state index contributed by atoms with van der Waals surface area (Å²) in [5, 5.41) is 23.6. The number of sulfonamides is 1. The normalized spacial score (nSPS) is 22.0. The number of rotatable bonds is 13. The molecule has 0 bridgehead atoms. The highest BCUT2D eigenvalue weighted by atomic mass is 32.2. The number of aliphatic hydroxyl groups excluding tert-OH is 2. The molecule has 0 unspecified atom stereocenters. The SMILES string of the molecule is COc1ccc(S(=O)(=O)N(CC(C)C)C[C@@H](O)[C@H](Cc2ccc(CO)cc2)NC(=O)O[C@H]2CO[C@H]3OCC[C@H]32)cc1. The third-order valence-corrected chi connectivity index (χ3v) is 9.18. The number of aliphatic hydroxyl groups is 2. The number of hydrogen-bond acceptors (Lipinski definition) is 9. The van der Waals surface area contributed by atoms with Crippen molar-refractivity contribution < 1.29 is 42.4 Å². The van der Waals surface area contributed by atoms with Gasteiger partial charge in [-0.3, -0.25) is 0 Å². The van der Waals surface area contributed by atoms with Gasteiger partial charge < -0.3 is 34.5 Å². The topological polar surface area (TPSA) is 144 Å². The van der Waals surface area contributed by atoms with Crippen molar-refractivity contribution >= 4 is 16.1 Å². The second-order valence-corrected chi connectivity index (χ2v) is 12.8. The van der Waals surface area contributed by atoms with Crippen LogP contribution in [0.5, 0.6) is 5.75 Å². The Morgan fingerprint density at radius 3 is 2.39 bits per heavy atom. The molecule has 226 valence electrons. The number of hydrogen-bond donors (Lipinski definition) is 3. The van der Waals surface area contributed by atoms with Crippen LogP contribution in [0.4, 0.5) is 4.79 Å². The average molecular weight is 593 g/mol. The van der Waals surface area contributed by atoms with E-state index in [-0.39, 0.29) is 55.7 Å². The summed E-state index contributed by atoms with van der Waals surface area (Å²) in [6.45, 7) is 4.34. The predicted molar refractivity (Wildman–Crippen MR) is 150 cm³/mol. The highest BCUT2D eigenvalue weighted by Crippen LogP contribution is 2.33. The molecule has 2 aliphatic rings. The summed E-state index contributed by atoms with van der Waals surface area (Å²) in [6, 6.07) is 12.3. The van der Waals surface area contributed by atoms with Crippen LogP contribution < -0.4 is 10.1 Å². The zero-order chi connectivity index (χ0) is 29.6. The number of fused-ring (bicyclic) bond motifs is 1. The molecule has 2 fully saturated rings. The first-order valence-corrected chi connectivity index (χ1v) is 15.3. The van der Waals surface area contributed by atoms with Crippen molar-refractivity contribution in [1.29, 1.82) is 0 Å². The fraction of sp³-hybridized carbons (Fsp3) is 0.552. The van der Waals surface area contributed by atoms with Gasteiger partial charge in [-0.1, -0.05) is 38.1 Å². The Kier molecular flexibility index (Phi) is 10.6. The fourth-order valence-electron chi connectivity index (χ4n) is 5.10. The van der Waals surface area contributed by atoms with Crippen molar-refractivity contribution in [3.63, 3.8) is 0 Å². The number of carbonyl (C=O) groups is 1. The van der Waals surface area contributed by atoms with Gasteiger partial charge in [-0.2, -0.15) is 4.31 Å². The molecule has 0 radical (unpaired) electrons. The molecule has 11 nitrogen and oxygen atoms in total. The molecule has 3 N–H and O–H groups in total. The van der Waals surface area contributed by atoms with Gasteiger partial charge in [-0.15, -0.1) is 0 Å². The van der Waals surface area contributed by atoms with Crippen molar-refractivity contribution in [2.24, 2.45) is 11.8 Å². The van der Waals surface area contributed by atoms with Gasteiger partial charge in [-0.05, 0) is 54.2 Å². The quantitative estimate of drug-likeness (QED) is 0.319. The van der Waals surface area contributed by atoms with E-state index >= 15 is 0 Å². The predicted octanol–water partition coefficient (Wildman–Crippen LogP) is 2.29. The van der Waals surface area contributed by atoms with E-state index in [9.17, 15) is 23.4 Å². The van der Waals surface area contributed by atoms with Crippen molar-refractivity contribution in [2.45, 2.75) is 62.7 Å². The molecule has 2 saturated heterocycles. The van der Waals surface area contributed by atoms with E-state index in [0.29, 0.717) is 12.4 Å². The first kappa shape index (κ1) is 31.2. The molecule has 0 spiro atoms. The number of carbonyl (C=O) groups excluding carboxylic acids is 1. The summed E-state index contributed by atoms with van der Waals surface area (Å²) in [4.78, 5) is 13.1. The summed E-state index contributed by atoms with van der Waals surface area (Å²) < 4.78 is 50.4. The minimum Gasteiger partial charge on any atom is -0.497 e. The third-order valence-electron chi connectivity index (χ3n) is 7.33. The number of benzene rings is 2. The molecule has 2 heterocycles. The van der Waals surface area contributed by atoms with Gasteiger partial charge in [0.25, 0.3) is 0 Å². The van der Waals surface area contributed by atoms with Crippen LogP contribution in [-0.4, -0.2) is 87.0 Å². The van der Waals surface area contributed by atoms with E-state index in [1.54, 1.807) is 36.4 Å². The number of nitrogens with one attached hydrogen (secondary N) is 1. The average Bonchev–Trinajstić information content (AvgIpc) is 3.57. The van der Waals surface area contributed by atoms with E-state index in [1.807, 2.05) is 13.8 Å². The van der Waals surface area contributed by atoms with Crippen molar-refractivity contribution in [1.82, 2.24) is 9.62 Å². The second-order valence-electron chi connectivity index (χ2n) is 10.9. The maximum atomic E-state index is 13.6. The maximum absolute atomic E-state index is 13.6. The van der Waals surface area contributed by atoms with Gasteiger partial charge in [0, 0.05) is 13.1 Å². The van der Waals surface area contributed by atoms with Crippen molar-refractivity contribution in [2.75, 3.05) is 33.4 Å². The number of nitrogens with zero attached hydrogens (tertiary/aromatic N) is 1. The Labute approximate surface area is 241 Å². The lowest BCUT2D eigenvalue weighted by atomic mass is 10.00. The zero-order valence-electron chi connectivity index (χ0n) is 23.6. The number of methoxy groups -OCH3 is 1. The summed E-state index contributed by atoms with van der Waals surface area (Å²) in [7, 11) is -2.47. The van der Waals surface area contributed by atoms with Crippen LogP contribution in [0.3, 0.4) is 0 Å². The van der Waals surface area contributed by atoms with Crippen LogP contribution in [0.15, 0.2) is 53.4 Å². The van der Waals surface area contributed by atoms with E-state index in [2.05, 4.69) is 5.32 Å². The van der Waals surface area contributed by atoms with Gasteiger partial charge >= 0.3 is 6.09 Å². The molecule has 0 aromatic heterocycles. The summed E-state index contributed by atoms with van der Waals surface area (Å²) in [5.74, 6) is 0.449. The van der Waals surface area contributed by atoms with Gasteiger partial charge in [0.2, 0.25) is 10.0 Å². The molecule has 41 heavy (non-hydrogen) atoms. The second kappa shape index (κ2) is 14.0. The minimum atomic E-state index is -3.97. The van der Waals surface area contributed by atoms with Crippen LogP contribution >= 0.6 is 0 Å². The molecule has 2 aromatic carbocycles. The van der Waals surface area contributed by atoms with Crippen molar-refractivity contribution in [3.8, 4) is 5.75 Å². The lowest BCUT2D eigenvalue weighted by molar-refractivity contribution is -0.0907. The summed E-state index contributed by atoms with van der Waals surface area (Å²) in [6.07, 6.45) is -1.93. The third kappa shape index (κ3) is 7.97. The number of alkyl carbamates (subject to hydrolysis) is 1. The smallest absolute Gasteiger partial charge is 0.407 e. The maximum Gasteiger partial charge on any atom is 0.407 e. The monoisotopic (exact) mass is 592 g/mol. The Hall–Kier alpha value is -2.74. The molecule has 5 atom stereocenters. The highest BCUT2D eigenvalue weighted by Gasteiger charge is 2.44. The lowest BCUT2D eigenvalue weighted by Gasteiger charge is -2.31. The molecular weight excluding hydrogens is 552 g/mol. The van der Waals surface area contributed by atoms with Gasteiger partial charge in [0.05, 0.1) is 49.9 Å². The Morgan fingerprint density at radius 2 is 1.76 bits per heavy atom. The van der Waals surface area contributed by atoms with E-state index < -0.39 is 34.4 Å². The molecule has 1 amide bonds. The molecule has 2 aromatic rings. The van der Waals surface area contributed by atoms with Crippen LogP contribution in [0.1, 0.15) is 31.4 Å². The minimum absolute atomic E-state index is 0.0263. The van der Waals surface area contributed by atoms with Crippen LogP contribution in [0.2, 0.25) is 0 Å². The Morgan fingerprint density at radius 1 is 1.07 bits per heavy atom. The lowest BCUT2D eigenvalue weighted by Crippen LogP contribution is -2.51. The first-order chi connectivity index (χ1) is 19.6. The molecule has 12 heteroatoms. The zero-order valence-corrected chi connectivity index (χ0v) is 24.5. The first-order valence-electron chi connectivity index (χ1n) is 13.8. The van der Waals surface area contributed by atoms with Gasteiger partial charge in [0.15, 0.2) is 6.29 Å². The summed E-state index contributed by atoms with van der Waals surface area (Å²) in [5.41, 5.74) is 1.51. The largest absolute Gasteiger partial charge is 0.497 e. The highest BCUT2D eigenvalue weighted by molar-refractivity contribution is 7.89. The molecule has 4 rings (SSSR count). The molecule has 0 aliphatic carbocycles. The van der Waals surface area contributed by atoms with Gasteiger partial charge in [0.1, 0.15) is 11.9 Å². The standard InChI is InChI=1S/C29H40N2O9S/c1-19(2)15-31(41(35,36)23-10-8-22(37-3)9-11-23)16-26(33)25(14-20-4-6-21(17-32)7-5-20)30-29(34)40-27-18-39-28-24(27)12-13-38-28/h4-11,19,24-28,32-33H,12-18H2,1-3H3,(H,30,34)/t24-,25-,26+,27-,28+/m0/s1. The van der Waals surface area contributed by atoms with E-state index in [1.165, 1.54) is 23.5 Å². The van der Waals surface area contributed by atoms with Crippen molar-refractivity contribution in [3.05, 3.63) is 59.7 Å². The van der Waals surface area contributed by atoms with Crippen LogP contribution in [-0.2, 0) is 37.3 Å². The van der Waals surface area contributed by atoms with Crippen LogP contribution in [0, 0.1) is 11.8 Å². The Bertz CT molecular complexity index is 1240. The number of ether oxygens (including phenoxy) is 4. The van der Waals surface area contributed by atoms with Crippen LogP contribution in [0.25, 0.3) is 0 Å².